The van der Waals surface area contributed by atoms with Crippen LogP contribution in [0.4, 0.5) is 0 Å². The normalized spacial score (nSPS) is 10.9. The topological polar surface area (TPSA) is 75.8 Å². The molecule has 0 bridgehead atoms. The van der Waals surface area contributed by atoms with Crippen molar-refractivity contribution >= 4 is 29.9 Å². The Balaban J connectivity index is 0.00000288. The van der Waals surface area contributed by atoms with Crippen LogP contribution in [-0.2, 0) is 13.1 Å². The van der Waals surface area contributed by atoms with Crippen LogP contribution in [0, 0.1) is 6.92 Å². The molecule has 7 nitrogen and oxygen atoms in total. The van der Waals surface area contributed by atoms with Gasteiger partial charge in [-0.15, -0.1) is 24.0 Å². The van der Waals surface area contributed by atoms with Gasteiger partial charge in [0.1, 0.15) is 5.75 Å². The molecule has 0 aliphatic rings. The minimum Gasteiger partial charge on any atom is -0.494 e. The van der Waals surface area contributed by atoms with Crippen molar-refractivity contribution in [2.45, 2.75) is 26.9 Å². The van der Waals surface area contributed by atoms with Crippen molar-refractivity contribution in [3.8, 4) is 5.75 Å². The maximum absolute atomic E-state index is 5.45. The van der Waals surface area contributed by atoms with Gasteiger partial charge in [0, 0.05) is 20.6 Å². The van der Waals surface area contributed by atoms with E-state index in [1.165, 1.54) is 5.56 Å². The molecule has 0 fully saturated rings. The average Bonchev–Trinajstić information content (AvgIpc) is 2.95. The van der Waals surface area contributed by atoms with E-state index in [-0.39, 0.29) is 24.0 Å². The fraction of sp³-hybridized carbons (Fsp3) is 0.438. The summed E-state index contributed by atoms with van der Waals surface area (Å²) in [4.78, 5) is 10.5. The van der Waals surface area contributed by atoms with Gasteiger partial charge in [-0.2, -0.15) is 4.98 Å². The fourth-order valence-electron chi connectivity index (χ4n) is 2.16. The van der Waals surface area contributed by atoms with Crippen LogP contribution in [0.3, 0.4) is 0 Å². The lowest BCUT2D eigenvalue weighted by Crippen LogP contribution is -2.38. The van der Waals surface area contributed by atoms with Crippen LogP contribution >= 0.6 is 24.0 Å². The number of guanidine groups is 1. The molecule has 0 spiro atoms. The van der Waals surface area contributed by atoms with E-state index in [1.807, 2.05) is 31.0 Å². The number of aryl methyl sites for hydroxylation is 1. The Hall–Kier alpha value is -1.84. The molecule has 0 atom stereocenters. The number of benzene rings is 1. The molecular formula is C16H24IN5O2. The quantitative estimate of drug-likeness (QED) is 0.419. The predicted molar refractivity (Wildman–Crippen MR) is 104 cm³/mol. The van der Waals surface area contributed by atoms with E-state index in [1.54, 1.807) is 14.0 Å². The summed E-state index contributed by atoms with van der Waals surface area (Å²) in [6, 6.07) is 8.06. The molecule has 24 heavy (non-hydrogen) atoms. The van der Waals surface area contributed by atoms with Crippen LogP contribution in [-0.4, -0.2) is 41.7 Å². The highest BCUT2D eigenvalue weighted by molar-refractivity contribution is 14.0. The summed E-state index contributed by atoms with van der Waals surface area (Å²) in [5, 5.41) is 6.97. The highest BCUT2D eigenvalue weighted by Crippen LogP contribution is 2.13. The fourth-order valence-corrected chi connectivity index (χ4v) is 2.16. The molecule has 0 aliphatic heterocycles. The molecule has 1 heterocycles. The summed E-state index contributed by atoms with van der Waals surface area (Å²) in [5.41, 5.74) is 1.17. The summed E-state index contributed by atoms with van der Waals surface area (Å²) < 4.78 is 10.5. The van der Waals surface area contributed by atoms with Gasteiger partial charge in [-0.05, 0) is 31.5 Å². The minimum absolute atomic E-state index is 0. The summed E-state index contributed by atoms with van der Waals surface area (Å²) in [7, 11) is 3.72. The minimum atomic E-state index is 0. The molecular weight excluding hydrogens is 421 g/mol. The van der Waals surface area contributed by atoms with Crippen LogP contribution < -0.4 is 10.1 Å². The van der Waals surface area contributed by atoms with Crippen LogP contribution in [0.5, 0.6) is 5.75 Å². The number of hydrogen-bond donors (Lipinski definition) is 1. The van der Waals surface area contributed by atoms with E-state index in [0.717, 1.165) is 18.3 Å². The zero-order valence-corrected chi connectivity index (χ0v) is 16.8. The van der Waals surface area contributed by atoms with E-state index < -0.39 is 0 Å². The lowest BCUT2D eigenvalue weighted by Gasteiger charge is -2.21. The smallest absolute Gasteiger partial charge is 0.246 e. The van der Waals surface area contributed by atoms with Crippen LogP contribution in [0.15, 0.2) is 33.8 Å². The maximum atomic E-state index is 5.45. The number of nitrogens with one attached hydrogen (secondary N) is 1. The molecule has 0 amide bonds. The van der Waals surface area contributed by atoms with Crippen molar-refractivity contribution in [1.29, 1.82) is 0 Å². The molecule has 0 unspecified atom stereocenters. The van der Waals surface area contributed by atoms with Gasteiger partial charge in [0.2, 0.25) is 5.89 Å². The molecule has 0 aliphatic carbocycles. The lowest BCUT2D eigenvalue weighted by atomic mass is 10.2. The van der Waals surface area contributed by atoms with E-state index in [4.69, 9.17) is 9.26 Å². The van der Waals surface area contributed by atoms with Crippen molar-refractivity contribution in [1.82, 2.24) is 20.4 Å². The molecule has 8 heteroatoms. The van der Waals surface area contributed by atoms with Gasteiger partial charge in [0.25, 0.3) is 0 Å². The zero-order chi connectivity index (χ0) is 16.7. The van der Waals surface area contributed by atoms with Crippen molar-refractivity contribution in [2.75, 3.05) is 20.7 Å². The second-order valence-corrected chi connectivity index (χ2v) is 5.07. The third kappa shape index (κ3) is 5.99. The molecule has 2 aromatic rings. The van der Waals surface area contributed by atoms with Crippen molar-refractivity contribution < 1.29 is 9.26 Å². The van der Waals surface area contributed by atoms with Crippen molar-refractivity contribution in [3.05, 3.63) is 41.5 Å². The highest BCUT2D eigenvalue weighted by atomic mass is 127. The first-order valence-electron chi connectivity index (χ1n) is 7.55. The number of nitrogens with zero attached hydrogens (tertiary/aromatic N) is 4. The second-order valence-electron chi connectivity index (χ2n) is 5.07. The van der Waals surface area contributed by atoms with Gasteiger partial charge >= 0.3 is 0 Å². The molecule has 1 N–H and O–H groups in total. The molecule has 2 rings (SSSR count). The summed E-state index contributed by atoms with van der Waals surface area (Å²) >= 11 is 0. The van der Waals surface area contributed by atoms with Gasteiger partial charge in [-0.25, -0.2) is 0 Å². The summed E-state index contributed by atoms with van der Waals surface area (Å²) in [6.07, 6.45) is 0. The number of ether oxygens (including phenoxy) is 1. The number of rotatable bonds is 6. The third-order valence-corrected chi connectivity index (χ3v) is 3.19. The zero-order valence-electron chi connectivity index (χ0n) is 14.4. The van der Waals surface area contributed by atoms with Crippen LogP contribution in [0.2, 0.25) is 0 Å². The number of hydrogen-bond acceptors (Lipinski definition) is 5. The monoisotopic (exact) mass is 445 g/mol. The van der Waals surface area contributed by atoms with E-state index in [0.29, 0.717) is 24.9 Å². The number of halogens is 1. The maximum Gasteiger partial charge on any atom is 0.246 e. The Labute approximate surface area is 159 Å². The molecule has 132 valence electrons. The Morgan fingerprint density at radius 2 is 2.04 bits per heavy atom. The van der Waals surface area contributed by atoms with E-state index in [9.17, 15) is 0 Å². The van der Waals surface area contributed by atoms with Crippen LogP contribution in [0.1, 0.15) is 24.2 Å². The Bertz CT molecular complexity index is 642. The first-order chi connectivity index (χ1) is 11.1. The molecule has 1 aromatic heterocycles. The highest BCUT2D eigenvalue weighted by Gasteiger charge is 2.09. The summed E-state index contributed by atoms with van der Waals surface area (Å²) in [5.74, 6) is 2.81. The lowest BCUT2D eigenvalue weighted by molar-refractivity contribution is 0.340. The van der Waals surface area contributed by atoms with Crippen molar-refractivity contribution in [2.24, 2.45) is 4.99 Å². The first kappa shape index (κ1) is 20.2. The SMILES string of the molecule is CCOc1ccc(CN(C)C(=NC)NCc2nc(C)no2)cc1.I. The van der Waals surface area contributed by atoms with Crippen molar-refractivity contribution in [3.63, 3.8) is 0 Å². The Kier molecular flexibility index (Phi) is 8.51. The average molecular weight is 445 g/mol. The van der Waals surface area contributed by atoms with Gasteiger partial charge < -0.3 is 19.5 Å². The van der Waals surface area contributed by atoms with Gasteiger partial charge in [-0.1, -0.05) is 17.3 Å². The van der Waals surface area contributed by atoms with Gasteiger partial charge in [-0.3, -0.25) is 4.99 Å². The van der Waals surface area contributed by atoms with E-state index >= 15 is 0 Å². The second kappa shape index (κ2) is 10.1. The molecule has 0 saturated carbocycles. The van der Waals surface area contributed by atoms with E-state index in [2.05, 4.69) is 32.6 Å². The molecule has 0 radical (unpaired) electrons. The van der Waals surface area contributed by atoms with Gasteiger partial charge in [0.15, 0.2) is 11.8 Å². The number of aliphatic imine (C=N–C) groups is 1. The van der Waals surface area contributed by atoms with Crippen LogP contribution in [0.25, 0.3) is 0 Å². The Morgan fingerprint density at radius 1 is 1.33 bits per heavy atom. The largest absolute Gasteiger partial charge is 0.494 e. The number of aromatic nitrogens is 2. The summed E-state index contributed by atoms with van der Waals surface area (Å²) in [6.45, 7) is 5.61. The first-order valence-corrected chi connectivity index (χ1v) is 7.55. The standard InChI is InChI=1S/C16H23N5O2.HI/c1-5-22-14-8-6-13(7-9-14)11-21(4)16(17-3)18-10-15-19-12(2)20-23-15;/h6-9H,5,10-11H2,1-4H3,(H,17,18);1H. The molecule has 0 saturated heterocycles. The molecule has 1 aromatic carbocycles. The van der Waals surface area contributed by atoms with Gasteiger partial charge in [0.05, 0.1) is 13.2 Å². The Morgan fingerprint density at radius 3 is 2.58 bits per heavy atom. The third-order valence-electron chi connectivity index (χ3n) is 3.19. The predicted octanol–water partition coefficient (Wildman–Crippen LogP) is 2.60.